The molecule has 0 bridgehead atoms. The summed E-state index contributed by atoms with van der Waals surface area (Å²) in [6.07, 6.45) is -3.73. The number of alkyl halides is 3. The van der Waals surface area contributed by atoms with Gasteiger partial charge in [-0.3, -0.25) is 4.72 Å². The summed E-state index contributed by atoms with van der Waals surface area (Å²) in [6.45, 7) is 8.87. The number of hydrogen-bond donors (Lipinski definition) is 1. The highest BCUT2D eigenvalue weighted by molar-refractivity contribution is 7.92. The molecule has 1 aromatic carbocycles. The number of ether oxygens (including phenoxy) is 1. The first-order chi connectivity index (χ1) is 16.7. The largest absolute Gasteiger partial charge is 0.458 e. The number of azo groups is 1. The maximum absolute atomic E-state index is 12.8. The molecule has 0 saturated carbocycles. The van der Waals surface area contributed by atoms with E-state index in [1.165, 1.54) is 6.07 Å². The highest BCUT2D eigenvalue weighted by atomic mass is 32.2. The fourth-order valence-electron chi connectivity index (χ4n) is 3.61. The van der Waals surface area contributed by atoms with Crippen molar-refractivity contribution in [2.75, 3.05) is 28.5 Å². The van der Waals surface area contributed by atoms with E-state index in [2.05, 4.69) is 25.3 Å². The van der Waals surface area contributed by atoms with E-state index in [9.17, 15) is 26.4 Å². The zero-order valence-electron chi connectivity index (χ0n) is 20.2. The van der Waals surface area contributed by atoms with Crippen LogP contribution >= 0.6 is 11.3 Å². The Hall–Kier alpha value is -2.81. The Bertz CT molecular complexity index is 1230. The van der Waals surface area contributed by atoms with Crippen molar-refractivity contribution in [1.29, 1.82) is 0 Å². The van der Waals surface area contributed by atoms with Crippen molar-refractivity contribution in [3.05, 3.63) is 22.7 Å². The first-order valence-corrected chi connectivity index (χ1v) is 13.6. The third-order valence-electron chi connectivity index (χ3n) is 4.79. The van der Waals surface area contributed by atoms with E-state index in [4.69, 9.17) is 4.74 Å². The van der Waals surface area contributed by atoms with Crippen molar-refractivity contribution in [3.63, 3.8) is 0 Å². The van der Waals surface area contributed by atoms with Gasteiger partial charge in [0.15, 0.2) is 5.75 Å². The molecule has 2 aromatic rings. The Morgan fingerprint density at radius 2 is 1.94 bits per heavy atom. The monoisotopic (exact) mass is 548 g/mol. The predicted octanol–water partition coefficient (Wildman–Crippen LogP) is 5.23. The van der Waals surface area contributed by atoms with Crippen molar-refractivity contribution in [1.82, 2.24) is 10.2 Å². The van der Waals surface area contributed by atoms with Crippen LogP contribution in [0.4, 0.5) is 35.4 Å². The summed E-state index contributed by atoms with van der Waals surface area (Å²) in [7, 11) is -4.77. The molecule has 10 nitrogen and oxygen atoms in total. The van der Waals surface area contributed by atoms with Gasteiger partial charge in [-0.05, 0) is 50.3 Å². The molecule has 2 heterocycles. The minimum Gasteiger partial charge on any atom is -0.458 e. The minimum atomic E-state index is -4.92. The number of aromatic nitrogens is 2. The Morgan fingerprint density at radius 3 is 2.58 bits per heavy atom. The van der Waals surface area contributed by atoms with Crippen LogP contribution in [0, 0.1) is 5.92 Å². The second-order valence-corrected chi connectivity index (χ2v) is 11.6. The molecule has 198 valence electrons. The summed E-state index contributed by atoms with van der Waals surface area (Å²) in [5, 5.41) is 15.4. The molecule has 3 rings (SSSR count). The quantitative estimate of drug-likeness (QED) is 0.336. The number of rotatable bonds is 9. The van der Waals surface area contributed by atoms with E-state index in [0.29, 0.717) is 18.9 Å². The third kappa shape index (κ3) is 7.85. The number of carbonyl (C=O) groups excluding carboxylic acids is 1. The first-order valence-electron chi connectivity index (χ1n) is 11.2. The van der Waals surface area contributed by atoms with Crippen LogP contribution in [0.25, 0.3) is 0 Å². The number of carbonyl (C=O) groups is 1. The summed E-state index contributed by atoms with van der Waals surface area (Å²) < 4.78 is 70.0. The van der Waals surface area contributed by atoms with Gasteiger partial charge in [0.25, 0.3) is 5.13 Å². The smallest absolute Gasteiger partial charge is 0.404 e. The topological polar surface area (TPSA) is 126 Å². The average molecular weight is 549 g/mol. The van der Waals surface area contributed by atoms with Crippen molar-refractivity contribution >= 4 is 49.5 Å². The maximum Gasteiger partial charge on any atom is 0.404 e. The van der Waals surface area contributed by atoms with E-state index in [-0.39, 0.29) is 27.6 Å². The number of esters is 1. The van der Waals surface area contributed by atoms with Crippen molar-refractivity contribution in [2.45, 2.75) is 52.8 Å². The number of benzene rings is 1. The zero-order valence-corrected chi connectivity index (χ0v) is 21.8. The second-order valence-electron chi connectivity index (χ2n) is 8.96. The Morgan fingerprint density at radius 1 is 1.22 bits per heavy atom. The summed E-state index contributed by atoms with van der Waals surface area (Å²) in [6, 6.07) is 3.09. The molecule has 1 aliphatic rings. The molecule has 1 aliphatic heterocycles. The average Bonchev–Trinajstić information content (AvgIpc) is 3.19. The molecule has 1 N–H and O–H groups in total. The molecular formula is C21H27F3N6O4S2. The summed E-state index contributed by atoms with van der Waals surface area (Å²) in [5.74, 6) is -2.40. The molecule has 0 fully saturated rings. The van der Waals surface area contributed by atoms with Crippen molar-refractivity contribution < 1.29 is 31.1 Å². The predicted molar refractivity (Wildman–Crippen MR) is 130 cm³/mol. The number of aryl methyl sites for hydroxylation is 1. The van der Waals surface area contributed by atoms with Gasteiger partial charge in [-0.15, -0.1) is 20.4 Å². The Kier molecular flexibility index (Phi) is 8.54. The van der Waals surface area contributed by atoms with Crippen molar-refractivity contribution in [2.24, 2.45) is 16.1 Å². The SMILES string of the molecule is CC(C)CN1CCCc2cc(N=Nc3nnc(C(=O)OC(C)C)s3)c(NS(=O)(=O)CC(F)(F)F)cc21. The lowest BCUT2D eigenvalue weighted by molar-refractivity contribution is -0.106. The van der Waals surface area contributed by atoms with E-state index >= 15 is 0 Å². The van der Waals surface area contributed by atoms with E-state index in [1.54, 1.807) is 19.9 Å². The van der Waals surface area contributed by atoms with Crippen molar-refractivity contribution in [3.8, 4) is 0 Å². The molecule has 0 aliphatic carbocycles. The molecule has 1 aromatic heterocycles. The van der Waals surface area contributed by atoms with Crippen LogP contribution in [0.5, 0.6) is 0 Å². The number of sulfonamides is 1. The van der Waals surface area contributed by atoms with Crippen LogP contribution in [-0.4, -0.2) is 55.7 Å². The number of fused-ring (bicyclic) bond motifs is 1. The molecule has 15 heteroatoms. The van der Waals surface area contributed by atoms with Gasteiger partial charge in [-0.2, -0.15) is 13.2 Å². The Labute approximate surface area is 211 Å². The van der Waals surface area contributed by atoms with Crippen LogP contribution in [0.15, 0.2) is 22.4 Å². The van der Waals surface area contributed by atoms with E-state index < -0.39 is 27.9 Å². The lowest BCUT2D eigenvalue weighted by atomic mass is 9.99. The summed E-state index contributed by atoms with van der Waals surface area (Å²) in [5.41, 5.74) is 1.48. The fraction of sp³-hybridized carbons (Fsp3) is 0.571. The normalized spacial score (nSPS) is 14.5. The minimum absolute atomic E-state index is 0.00559. The molecule has 0 unspecified atom stereocenters. The highest BCUT2D eigenvalue weighted by Gasteiger charge is 2.35. The van der Waals surface area contributed by atoms with Gasteiger partial charge in [0.2, 0.25) is 15.0 Å². The number of anilines is 2. The molecule has 0 atom stereocenters. The maximum atomic E-state index is 12.8. The number of nitrogens with one attached hydrogen (secondary N) is 1. The molecule has 36 heavy (non-hydrogen) atoms. The number of halogens is 3. The molecule has 0 amide bonds. The van der Waals surface area contributed by atoms with Crippen LogP contribution < -0.4 is 9.62 Å². The fourth-order valence-corrected chi connectivity index (χ4v) is 5.16. The molecule has 0 spiro atoms. The van der Waals surface area contributed by atoms with Gasteiger partial charge in [-0.25, -0.2) is 13.2 Å². The van der Waals surface area contributed by atoms with E-state index in [1.807, 2.05) is 18.6 Å². The summed E-state index contributed by atoms with van der Waals surface area (Å²) in [4.78, 5) is 14.0. The van der Waals surface area contributed by atoms with Gasteiger partial charge in [0.05, 0.1) is 11.8 Å². The Balaban J connectivity index is 1.98. The van der Waals surface area contributed by atoms with Gasteiger partial charge in [0.1, 0.15) is 5.69 Å². The molecular weight excluding hydrogens is 521 g/mol. The van der Waals surface area contributed by atoms with Crippen LogP contribution in [0.2, 0.25) is 0 Å². The van der Waals surface area contributed by atoms with Gasteiger partial charge in [-0.1, -0.05) is 25.2 Å². The number of nitrogens with zero attached hydrogens (tertiary/aromatic N) is 5. The molecule has 0 saturated heterocycles. The zero-order chi connectivity index (χ0) is 26.7. The molecule has 0 radical (unpaired) electrons. The first kappa shape index (κ1) is 27.8. The highest BCUT2D eigenvalue weighted by Crippen LogP contribution is 2.39. The lowest BCUT2D eigenvalue weighted by Gasteiger charge is -2.33. The summed E-state index contributed by atoms with van der Waals surface area (Å²) >= 11 is 0.812. The van der Waals surface area contributed by atoms with Crippen LogP contribution in [-0.2, 0) is 21.2 Å². The number of hydrogen-bond acceptors (Lipinski definition) is 10. The van der Waals surface area contributed by atoms with E-state index in [0.717, 1.165) is 35.6 Å². The van der Waals surface area contributed by atoms with Crippen LogP contribution in [0.1, 0.15) is 49.5 Å². The third-order valence-corrected chi connectivity index (χ3v) is 6.82. The van der Waals surface area contributed by atoms with Gasteiger partial charge >= 0.3 is 12.1 Å². The second kappa shape index (κ2) is 11.1. The van der Waals surface area contributed by atoms with Crippen LogP contribution in [0.3, 0.4) is 0 Å². The lowest BCUT2D eigenvalue weighted by Crippen LogP contribution is -2.33. The van der Waals surface area contributed by atoms with Gasteiger partial charge < -0.3 is 9.64 Å². The standard InChI is InChI=1S/C21H27F3N6O4S2/c1-12(2)10-30-7-5-6-14-8-15(16(9-17(14)30)29-36(32,33)11-21(22,23)24)25-27-20-28-26-18(35-20)19(31)34-13(3)4/h8-9,12-13,29H,5-7,10-11H2,1-4H3. The van der Waals surface area contributed by atoms with Gasteiger partial charge in [0, 0.05) is 18.8 Å².